The first kappa shape index (κ1) is 17.0. The van der Waals surface area contributed by atoms with Crippen molar-refractivity contribution in [3.63, 3.8) is 0 Å². The van der Waals surface area contributed by atoms with Crippen LogP contribution in [-0.4, -0.2) is 43.6 Å². The van der Waals surface area contributed by atoms with Gasteiger partial charge in [0.15, 0.2) is 0 Å². The molecule has 0 aromatic heterocycles. The molecule has 1 saturated heterocycles. The molecule has 4 nitrogen and oxygen atoms in total. The van der Waals surface area contributed by atoms with Gasteiger partial charge in [-0.05, 0) is 50.8 Å². The minimum atomic E-state index is 0.00863. The molecule has 0 spiro atoms. The molecule has 0 unspecified atom stereocenters. The average Bonchev–Trinajstić information content (AvgIpc) is 2.53. The van der Waals surface area contributed by atoms with Crippen LogP contribution < -0.4 is 5.32 Å². The molecule has 22 heavy (non-hydrogen) atoms. The number of benzene rings is 1. The van der Waals surface area contributed by atoms with E-state index in [0.717, 1.165) is 24.2 Å². The summed E-state index contributed by atoms with van der Waals surface area (Å²) in [6.45, 7) is 7.96. The number of piperidine rings is 1. The van der Waals surface area contributed by atoms with E-state index in [1.54, 1.807) is 7.11 Å². The molecule has 0 saturated carbocycles. The van der Waals surface area contributed by atoms with Gasteiger partial charge < -0.3 is 15.0 Å². The minimum Gasteiger partial charge on any atom is -0.380 e. The van der Waals surface area contributed by atoms with E-state index in [0.29, 0.717) is 18.6 Å². The highest BCUT2D eigenvalue weighted by molar-refractivity contribution is 5.95. The van der Waals surface area contributed by atoms with Crippen LogP contribution >= 0.6 is 0 Å². The molecular formula is C18H28N2O2. The number of hydrogen-bond donors (Lipinski definition) is 1. The standard InChI is InChI=1S/C18H28N2O2/c1-14(2)20-10-6-7-15(12-20)11-19-18(21)17-9-5-4-8-16(17)13-22-3/h4-5,8-9,14-15H,6-7,10-13H2,1-3H3,(H,19,21)/t15-/m0/s1. The normalized spacial score (nSPS) is 19.4. The van der Waals surface area contributed by atoms with Crippen molar-refractivity contribution in [1.82, 2.24) is 10.2 Å². The summed E-state index contributed by atoms with van der Waals surface area (Å²) in [6.07, 6.45) is 2.42. The number of amides is 1. The molecule has 0 bridgehead atoms. The Hall–Kier alpha value is -1.39. The second kappa shape index (κ2) is 8.30. The van der Waals surface area contributed by atoms with E-state index in [2.05, 4.69) is 24.1 Å². The maximum atomic E-state index is 12.4. The van der Waals surface area contributed by atoms with Gasteiger partial charge >= 0.3 is 0 Å². The summed E-state index contributed by atoms with van der Waals surface area (Å²) < 4.78 is 5.17. The van der Waals surface area contributed by atoms with E-state index in [4.69, 9.17) is 4.74 Å². The first-order chi connectivity index (χ1) is 10.6. The minimum absolute atomic E-state index is 0.00863. The Morgan fingerprint density at radius 1 is 1.41 bits per heavy atom. The van der Waals surface area contributed by atoms with E-state index < -0.39 is 0 Å². The monoisotopic (exact) mass is 304 g/mol. The summed E-state index contributed by atoms with van der Waals surface area (Å²) in [5.41, 5.74) is 1.66. The van der Waals surface area contributed by atoms with Crippen LogP contribution in [0.4, 0.5) is 0 Å². The van der Waals surface area contributed by atoms with Crippen molar-refractivity contribution in [3.05, 3.63) is 35.4 Å². The predicted octanol–water partition coefficient (Wildman–Crippen LogP) is 2.68. The van der Waals surface area contributed by atoms with E-state index in [-0.39, 0.29) is 5.91 Å². The fourth-order valence-corrected chi connectivity index (χ4v) is 3.09. The third-order valence-corrected chi connectivity index (χ3v) is 4.39. The lowest BCUT2D eigenvalue weighted by Gasteiger charge is -2.35. The van der Waals surface area contributed by atoms with Crippen LogP contribution in [0.5, 0.6) is 0 Å². The van der Waals surface area contributed by atoms with Crippen LogP contribution in [0.25, 0.3) is 0 Å². The van der Waals surface area contributed by atoms with Crippen LogP contribution in [0, 0.1) is 5.92 Å². The third kappa shape index (κ3) is 4.55. The van der Waals surface area contributed by atoms with Crippen LogP contribution in [0.1, 0.15) is 42.6 Å². The number of likely N-dealkylation sites (tertiary alicyclic amines) is 1. The molecule has 1 aromatic rings. The topological polar surface area (TPSA) is 41.6 Å². The molecule has 1 atom stereocenters. The second-order valence-corrected chi connectivity index (χ2v) is 6.40. The Morgan fingerprint density at radius 2 is 2.18 bits per heavy atom. The molecule has 1 aliphatic rings. The predicted molar refractivity (Wildman–Crippen MR) is 88.9 cm³/mol. The fourth-order valence-electron chi connectivity index (χ4n) is 3.09. The molecule has 122 valence electrons. The van der Waals surface area contributed by atoms with Gasteiger partial charge in [0, 0.05) is 31.8 Å². The van der Waals surface area contributed by atoms with E-state index >= 15 is 0 Å². The second-order valence-electron chi connectivity index (χ2n) is 6.40. The van der Waals surface area contributed by atoms with Crippen LogP contribution in [0.15, 0.2) is 24.3 Å². The zero-order chi connectivity index (χ0) is 15.9. The smallest absolute Gasteiger partial charge is 0.251 e. The van der Waals surface area contributed by atoms with Crippen molar-refractivity contribution >= 4 is 5.91 Å². The molecule has 1 aromatic carbocycles. The highest BCUT2D eigenvalue weighted by atomic mass is 16.5. The molecule has 1 N–H and O–H groups in total. The molecule has 1 amide bonds. The van der Waals surface area contributed by atoms with E-state index in [9.17, 15) is 4.79 Å². The summed E-state index contributed by atoms with van der Waals surface area (Å²) in [4.78, 5) is 14.9. The van der Waals surface area contributed by atoms with E-state index in [1.807, 2.05) is 24.3 Å². The Balaban J connectivity index is 1.90. The van der Waals surface area contributed by atoms with Crippen LogP contribution in [-0.2, 0) is 11.3 Å². The Labute approximate surface area is 133 Å². The highest BCUT2D eigenvalue weighted by Gasteiger charge is 2.22. The van der Waals surface area contributed by atoms with Gasteiger partial charge in [-0.1, -0.05) is 18.2 Å². The lowest BCUT2D eigenvalue weighted by Crippen LogP contribution is -2.43. The average molecular weight is 304 g/mol. The maximum Gasteiger partial charge on any atom is 0.251 e. The summed E-state index contributed by atoms with van der Waals surface area (Å²) in [5, 5.41) is 3.11. The summed E-state index contributed by atoms with van der Waals surface area (Å²) in [5.74, 6) is 0.559. The number of ether oxygens (including phenoxy) is 1. The van der Waals surface area contributed by atoms with Crippen LogP contribution in [0.2, 0.25) is 0 Å². The Kier molecular flexibility index (Phi) is 6.40. The molecule has 1 aliphatic heterocycles. The van der Waals surface area contributed by atoms with Gasteiger partial charge in [0.1, 0.15) is 0 Å². The zero-order valence-corrected chi connectivity index (χ0v) is 14.0. The zero-order valence-electron chi connectivity index (χ0n) is 14.0. The number of rotatable bonds is 6. The van der Waals surface area contributed by atoms with Gasteiger partial charge in [-0.2, -0.15) is 0 Å². The van der Waals surface area contributed by atoms with Gasteiger partial charge in [0.05, 0.1) is 6.61 Å². The van der Waals surface area contributed by atoms with Crippen LogP contribution in [0.3, 0.4) is 0 Å². The molecule has 0 radical (unpaired) electrons. The van der Waals surface area contributed by atoms with Gasteiger partial charge in [-0.15, -0.1) is 0 Å². The number of carbonyl (C=O) groups is 1. The van der Waals surface area contributed by atoms with Gasteiger partial charge in [-0.3, -0.25) is 4.79 Å². The van der Waals surface area contributed by atoms with Crippen molar-refractivity contribution < 1.29 is 9.53 Å². The molecule has 4 heteroatoms. The maximum absolute atomic E-state index is 12.4. The third-order valence-electron chi connectivity index (χ3n) is 4.39. The van der Waals surface area contributed by atoms with Crippen molar-refractivity contribution in [2.75, 3.05) is 26.7 Å². The number of hydrogen-bond acceptors (Lipinski definition) is 3. The number of nitrogens with zero attached hydrogens (tertiary/aromatic N) is 1. The van der Waals surface area contributed by atoms with E-state index in [1.165, 1.54) is 19.4 Å². The SMILES string of the molecule is COCc1ccccc1C(=O)NC[C@@H]1CCCN(C(C)C)C1. The van der Waals surface area contributed by atoms with Crippen molar-refractivity contribution in [2.45, 2.75) is 39.3 Å². The highest BCUT2D eigenvalue weighted by Crippen LogP contribution is 2.18. The van der Waals surface area contributed by atoms with Gasteiger partial charge in [0.25, 0.3) is 5.91 Å². The fraction of sp³-hybridized carbons (Fsp3) is 0.611. The largest absolute Gasteiger partial charge is 0.380 e. The lowest BCUT2D eigenvalue weighted by molar-refractivity contribution is 0.0918. The number of methoxy groups -OCH3 is 1. The van der Waals surface area contributed by atoms with Gasteiger partial charge in [-0.25, -0.2) is 0 Å². The molecule has 0 aliphatic carbocycles. The summed E-state index contributed by atoms with van der Waals surface area (Å²) in [7, 11) is 1.65. The molecule has 1 heterocycles. The number of carbonyl (C=O) groups excluding carboxylic acids is 1. The van der Waals surface area contributed by atoms with Gasteiger partial charge in [0.2, 0.25) is 0 Å². The number of nitrogens with one attached hydrogen (secondary N) is 1. The molecule has 2 rings (SSSR count). The van der Waals surface area contributed by atoms with Crippen molar-refractivity contribution in [3.8, 4) is 0 Å². The quantitative estimate of drug-likeness (QED) is 0.878. The molecular weight excluding hydrogens is 276 g/mol. The summed E-state index contributed by atoms with van der Waals surface area (Å²) >= 11 is 0. The van der Waals surface area contributed by atoms with Crippen molar-refractivity contribution in [1.29, 1.82) is 0 Å². The first-order valence-electron chi connectivity index (χ1n) is 8.21. The van der Waals surface area contributed by atoms with Crippen molar-refractivity contribution in [2.24, 2.45) is 5.92 Å². The lowest BCUT2D eigenvalue weighted by atomic mass is 9.96. The Morgan fingerprint density at radius 3 is 2.91 bits per heavy atom. The Bertz CT molecular complexity index is 488. The molecule has 1 fully saturated rings. The first-order valence-corrected chi connectivity index (χ1v) is 8.21. The summed E-state index contributed by atoms with van der Waals surface area (Å²) in [6, 6.07) is 8.23.